The van der Waals surface area contributed by atoms with E-state index in [1.165, 1.54) is 6.42 Å². The van der Waals surface area contributed by atoms with Crippen LogP contribution in [0.4, 0.5) is 0 Å². The van der Waals surface area contributed by atoms with Crippen LogP contribution in [0.3, 0.4) is 0 Å². The molecule has 1 fully saturated rings. The maximum absolute atomic E-state index is 13.8. The van der Waals surface area contributed by atoms with E-state index < -0.39 is 6.04 Å². The first-order valence-electron chi connectivity index (χ1n) is 13.1. The van der Waals surface area contributed by atoms with E-state index in [9.17, 15) is 9.59 Å². The van der Waals surface area contributed by atoms with Crippen LogP contribution in [0.15, 0.2) is 83.3 Å². The van der Waals surface area contributed by atoms with E-state index in [0.29, 0.717) is 18.7 Å². The van der Waals surface area contributed by atoms with Gasteiger partial charge in [0.05, 0.1) is 0 Å². The summed E-state index contributed by atoms with van der Waals surface area (Å²) in [6, 6.07) is 24.9. The lowest BCUT2D eigenvalue weighted by molar-refractivity contribution is -0.143. The van der Waals surface area contributed by atoms with Gasteiger partial charge in [0.1, 0.15) is 11.8 Å². The van der Waals surface area contributed by atoms with Crippen molar-refractivity contribution in [1.82, 2.24) is 10.2 Å². The van der Waals surface area contributed by atoms with Gasteiger partial charge >= 0.3 is 0 Å². The molecular weight excluding hydrogens is 528 g/mol. The summed E-state index contributed by atoms with van der Waals surface area (Å²) in [4.78, 5) is 29.2. The number of hydrogen-bond acceptors (Lipinski definition) is 3. The summed E-state index contributed by atoms with van der Waals surface area (Å²) in [5.41, 5.74) is 3.03. The molecule has 5 nitrogen and oxygen atoms in total. The molecule has 37 heavy (non-hydrogen) atoms. The Hall–Kier alpha value is -3.12. The minimum Gasteiger partial charge on any atom is -0.484 e. The van der Waals surface area contributed by atoms with Gasteiger partial charge in [0.2, 0.25) is 5.91 Å². The van der Waals surface area contributed by atoms with Crippen LogP contribution >= 0.6 is 15.9 Å². The quantitative estimate of drug-likeness (QED) is 0.319. The normalized spacial score (nSPS) is 14.5. The average Bonchev–Trinajstić information content (AvgIpc) is 2.91. The van der Waals surface area contributed by atoms with Gasteiger partial charge in [0, 0.05) is 23.5 Å². The molecule has 0 unspecified atom stereocenters. The van der Waals surface area contributed by atoms with Crippen molar-refractivity contribution in [3.63, 3.8) is 0 Å². The fourth-order valence-corrected chi connectivity index (χ4v) is 5.08. The smallest absolute Gasteiger partial charge is 0.261 e. The Morgan fingerprint density at radius 3 is 2.38 bits per heavy atom. The van der Waals surface area contributed by atoms with Crippen LogP contribution in [0, 0.1) is 6.92 Å². The number of nitrogens with one attached hydrogen (secondary N) is 1. The van der Waals surface area contributed by atoms with Crippen molar-refractivity contribution in [1.29, 1.82) is 0 Å². The van der Waals surface area contributed by atoms with Gasteiger partial charge in [-0.25, -0.2) is 0 Å². The van der Waals surface area contributed by atoms with Gasteiger partial charge in [-0.15, -0.1) is 0 Å². The number of rotatable bonds is 10. The van der Waals surface area contributed by atoms with E-state index in [1.54, 1.807) is 4.90 Å². The number of hydrogen-bond donors (Lipinski definition) is 1. The Balaban J connectivity index is 1.60. The predicted molar refractivity (Wildman–Crippen MR) is 150 cm³/mol. The van der Waals surface area contributed by atoms with Crippen LogP contribution in [-0.2, 0) is 22.6 Å². The highest BCUT2D eigenvalue weighted by Crippen LogP contribution is 2.21. The van der Waals surface area contributed by atoms with Gasteiger partial charge in [-0.1, -0.05) is 89.8 Å². The SMILES string of the molecule is Cc1cccc(OCC(=O)N(Cc2ccc(Br)cc2)[C@H](Cc2ccccc2)C(=O)NC2CCCCC2)c1. The van der Waals surface area contributed by atoms with Crippen LogP contribution in [0.25, 0.3) is 0 Å². The number of carbonyl (C=O) groups excluding carboxylic acids is 2. The zero-order chi connectivity index (χ0) is 26.0. The Kier molecular flexibility index (Phi) is 9.78. The van der Waals surface area contributed by atoms with Gasteiger partial charge in [-0.2, -0.15) is 0 Å². The van der Waals surface area contributed by atoms with Crippen LogP contribution in [0.5, 0.6) is 5.75 Å². The maximum Gasteiger partial charge on any atom is 0.261 e. The number of halogens is 1. The molecule has 2 amide bonds. The fourth-order valence-electron chi connectivity index (χ4n) is 4.82. The van der Waals surface area contributed by atoms with E-state index in [4.69, 9.17) is 4.74 Å². The highest BCUT2D eigenvalue weighted by Gasteiger charge is 2.32. The van der Waals surface area contributed by atoms with Crippen molar-refractivity contribution in [3.05, 3.63) is 100 Å². The van der Waals surface area contributed by atoms with Gasteiger partial charge in [-0.05, 0) is 60.7 Å². The molecule has 1 aliphatic carbocycles. The van der Waals surface area contributed by atoms with E-state index in [-0.39, 0.29) is 24.5 Å². The first-order valence-corrected chi connectivity index (χ1v) is 13.8. The molecule has 0 spiro atoms. The van der Waals surface area contributed by atoms with Crippen molar-refractivity contribution < 1.29 is 14.3 Å². The molecule has 1 saturated carbocycles. The molecular formula is C31H35BrN2O3. The van der Waals surface area contributed by atoms with Crippen molar-refractivity contribution >= 4 is 27.7 Å². The third-order valence-electron chi connectivity index (χ3n) is 6.84. The Morgan fingerprint density at radius 2 is 1.68 bits per heavy atom. The van der Waals surface area contributed by atoms with Crippen molar-refractivity contribution in [2.45, 2.75) is 64.1 Å². The molecule has 0 radical (unpaired) electrons. The number of nitrogens with zero attached hydrogens (tertiary/aromatic N) is 1. The summed E-state index contributed by atoms with van der Waals surface area (Å²) in [6.45, 7) is 2.17. The molecule has 0 heterocycles. The third-order valence-corrected chi connectivity index (χ3v) is 7.37. The average molecular weight is 564 g/mol. The van der Waals surface area contributed by atoms with E-state index >= 15 is 0 Å². The molecule has 1 aliphatic rings. The zero-order valence-corrected chi connectivity index (χ0v) is 23.0. The highest BCUT2D eigenvalue weighted by molar-refractivity contribution is 9.10. The maximum atomic E-state index is 13.8. The number of benzene rings is 3. The Labute approximate surface area is 228 Å². The summed E-state index contributed by atoms with van der Waals surface area (Å²) >= 11 is 3.48. The lowest BCUT2D eigenvalue weighted by Gasteiger charge is -2.33. The third kappa shape index (κ3) is 8.19. The molecule has 1 atom stereocenters. The minimum atomic E-state index is -0.651. The molecule has 3 aromatic carbocycles. The first kappa shape index (κ1) is 26.9. The highest BCUT2D eigenvalue weighted by atomic mass is 79.9. The number of amides is 2. The monoisotopic (exact) mass is 562 g/mol. The molecule has 0 saturated heterocycles. The van der Waals surface area contributed by atoms with Gasteiger partial charge < -0.3 is 15.0 Å². The topological polar surface area (TPSA) is 58.6 Å². The summed E-state index contributed by atoms with van der Waals surface area (Å²) in [7, 11) is 0. The lowest BCUT2D eigenvalue weighted by atomic mass is 9.94. The van der Waals surface area contributed by atoms with Crippen LogP contribution in [-0.4, -0.2) is 35.4 Å². The second-order valence-corrected chi connectivity index (χ2v) is 10.7. The van der Waals surface area contributed by atoms with E-state index in [1.807, 2.05) is 85.8 Å². The minimum absolute atomic E-state index is 0.100. The molecule has 0 aromatic heterocycles. The Bertz CT molecular complexity index is 1160. The zero-order valence-electron chi connectivity index (χ0n) is 21.4. The van der Waals surface area contributed by atoms with Crippen LogP contribution in [0.1, 0.15) is 48.8 Å². The molecule has 0 aliphatic heterocycles. The van der Waals surface area contributed by atoms with Gasteiger partial charge in [0.25, 0.3) is 5.91 Å². The van der Waals surface area contributed by atoms with E-state index in [0.717, 1.165) is 46.8 Å². The summed E-state index contributed by atoms with van der Waals surface area (Å²) in [6.07, 6.45) is 5.87. The summed E-state index contributed by atoms with van der Waals surface area (Å²) in [5.74, 6) is 0.323. The molecule has 6 heteroatoms. The second kappa shape index (κ2) is 13.4. The first-order chi connectivity index (χ1) is 18.0. The van der Waals surface area contributed by atoms with Crippen molar-refractivity contribution in [2.24, 2.45) is 0 Å². The van der Waals surface area contributed by atoms with Crippen molar-refractivity contribution in [3.8, 4) is 5.75 Å². The molecule has 0 bridgehead atoms. The van der Waals surface area contributed by atoms with Gasteiger partial charge in [-0.3, -0.25) is 9.59 Å². The number of carbonyl (C=O) groups is 2. The number of ether oxygens (including phenoxy) is 1. The standard InChI is InChI=1S/C31H35BrN2O3/c1-23-9-8-14-28(19-23)37-22-30(35)34(21-25-15-17-26(32)18-16-25)29(20-24-10-4-2-5-11-24)31(36)33-27-12-6-3-7-13-27/h2,4-5,8-11,14-19,27,29H,3,6-7,12-13,20-22H2,1H3,(H,33,36)/t29-/m1/s1. The molecule has 3 aromatic rings. The summed E-state index contributed by atoms with van der Waals surface area (Å²) < 4.78 is 6.85. The lowest BCUT2D eigenvalue weighted by Crippen LogP contribution is -2.53. The summed E-state index contributed by atoms with van der Waals surface area (Å²) in [5, 5.41) is 3.27. The molecule has 4 rings (SSSR count). The fraction of sp³-hybridized carbons (Fsp3) is 0.355. The second-order valence-electron chi connectivity index (χ2n) is 9.80. The molecule has 1 N–H and O–H groups in total. The largest absolute Gasteiger partial charge is 0.484 e. The van der Waals surface area contributed by atoms with Crippen LogP contribution in [0.2, 0.25) is 0 Å². The Morgan fingerprint density at radius 1 is 0.946 bits per heavy atom. The van der Waals surface area contributed by atoms with E-state index in [2.05, 4.69) is 21.2 Å². The van der Waals surface area contributed by atoms with Gasteiger partial charge in [0.15, 0.2) is 6.61 Å². The predicted octanol–water partition coefficient (Wildman–Crippen LogP) is 6.23. The van der Waals surface area contributed by atoms with Crippen molar-refractivity contribution in [2.75, 3.05) is 6.61 Å². The van der Waals surface area contributed by atoms with Crippen LogP contribution < -0.4 is 10.1 Å². The molecule has 194 valence electrons. The number of aryl methyl sites for hydroxylation is 1.